The number of carboxylic acids is 1. The summed E-state index contributed by atoms with van der Waals surface area (Å²) in [4.78, 5) is 50.0. The maximum absolute atomic E-state index is 14.2. The molecular formula is C33H31ClF5N3O5. The summed E-state index contributed by atoms with van der Waals surface area (Å²) in [5.74, 6) is -5.22. The Morgan fingerprint density at radius 3 is 2.17 bits per heavy atom. The van der Waals surface area contributed by atoms with E-state index in [1.807, 2.05) is 0 Å². The highest BCUT2D eigenvalue weighted by atomic mass is 35.5. The number of carbonyl (C=O) groups is 4. The minimum atomic E-state index is -4.94. The van der Waals surface area contributed by atoms with Crippen molar-refractivity contribution in [2.45, 2.75) is 63.6 Å². The summed E-state index contributed by atoms with van der Waals surface area (Å²) >= 11 is 6.30. The number of unbranched alkanes of at least 4 members (excludes halogenated alkanes) is 6. The van der Waals surface area contributed by atoms with Gasteiger partial charge in [-0.25, -0.2) is 8.78 Å². The number of aliphatic carboxylic acids is 1. The van der Waals surface area contributed by atoms with E-state index in [0.29, 0.717) is 25.0 Å². The smallest absolute Gasteiger partial charge is 0.416 e. The minimum Gasteiger partial charge on any atom is -0.481 e. The SMILES string of the molecule is O=C(O)CCCCCCCCCNC(=O)c1cc(NC(=O)c2cc(F)cc(C(F)(F)F)c2)c2c(c1)C(=O)N[C@H]2c1cc(F)ccc1Cl. The molecule has 0 aromatic heterocycles. The average Bonchev–Trinajstić information content (AvgIpc) is 3.34. The summed E-state index contributed by atoms with van der Waals surface area (Å²) in [6, 6.07) is 6.18. The Hall–Kier alpha value is -4.52. The van der Waals surface area contributed by atoms with Crippen LogP contribution in [-0.4, -0.2) is 35.3 Å². The fourth-order valence-corrected chi connectivity index (χ4v) is 5.53. The van der Waals surface area contributed by atoms with E-state index >= 15 is 0 Å². The number of fused-ring (bicyclic) bond motifs is 1. The largest absolute Gasteiger partial charge is 0.481 e. The van der Waals surface area contributed by atoms with Crippen LogP contribution in [0, 0.1) is 11.6 Å². The molecule has 1 heterocycles. The van der Waals surface area contributed by atoms with Gasteiger partial charge in [0, 0.05) is 51.5 Å². The number of hydrogen-bond donors (Lipinski definition) is 4. The van der Waals surface area contributed by atoms with Crippen LogP contribution < -0.4 is 16.0 Å². The molecule has 1 aliphatic heterocycles. The van der Waals surface area contributed by atoms with Crippen LogP contribution in [0.15, 0.2) is 48.5 Å². The number of alkyl halides is 3. The second-order valence-electron chi connectivity index (χ2n) is 11.1. The Labute approximate surface area is 271 Å². The van der Waals surface area contributed by atoms with E-state index in [2.05, 4.69) is 16.0 Å². The van der Waals surface area contributed by atoms with Gasteiger partial charge < -0.3 is 21.1 Å². The first kappa shape index (κ1) is 35.3. The number of carboxylic acid groups (broad SMARTS) is 1. The number of benzene rings is 3. The van der Waals surface area contributed by atoms with Gasteiger partial charge in [-0.3, -0.25) is 19.2 Å². The second-order valence-corrected chi connectivity index (χ2v) is 11.5. The average molecular weight is 680 g/mol. The summed E-state index contributed by atoms with van der Waals surface area (Å²) in [6.07, 6.45) is 0.802. The van der Waals surface area contributed by atoms with Gasteiger partial charge in [0.15, 0.2) is 0 Å². The molecular weight excluding hydrogens is 649 g/mol. The van der Waals surface area contributed by atoms with E-state index < -0.39 is 58.7 Å². The van der Waals surface area contributed by atoms with Crippen LogP contribution in [0.1, 0.15) is 105 Å². The van der Waals surface area contributed by atoms with Gasteiger partial charge in [-0.1, -0.05) is 43.7 Å². The molecule has 0 fully saturated rings. The van der Waals surface area contributed by atoms with E-state index in [0.717, 1.165) is 44.2 Å². The van der Waals surface area contributed by atoms with Crippen LogP contribution >= 0.6 is 11.6 Å². The van der Waals surface area contributed by atoms with Crippen molar-refractivity contribution in [1.29, 1.82) is 0 Å². The van der Waals surface area contributed by atoms with Crippen LogP contribution in [0.25, 0.3) is 0 Å². The van der Waals surface area contributed by atoms with Gasteiger partial charge in [-0.2, -0.15) is 13.2 Å². The first-order chi connectivity index (χ1) is 22.2. The topological polar surface area (TPSA) is 125 Å². The number of amides is 3. The van der Waals surface area contributed by atoms with E-state index in [9.17, 15) is 41.1 Å². The van der Waals surface area contributed by atoms with E-state index in [1.54, 1.807) is 0 Å². The number of halogens is 6. The number of carbonyl (C=O) groups excluding carboxylic acids is 3. The van der Waals surface area contributed by atoms with E-state index in [-0.39, 0.29) is 52.0 Å². The molecule has 3 amide bonds. The van der Waals surface area contributed by atoms with Gasteiger partial charge in [0.05, 0.1) is 11.6 Å². The van der Waals surface area contributed by atoms with Crippen LogP contribution in [0.5, 0.6) is 0 Å². The molecule has 1 aliphatic rings. The van der Waals surface area contributed by atoms with Gasteiger partial charge in [0.25, 0.3) is 17.7 Å². The highest BCUT2D eigenvalue weighted by Gasteiger charge is 2.36. The first-order valence-corrected chi connectivity index (χ1v) is 15.2. The molecule has 0 radical (unpaired) electrons. The number of nitrogens with one attached hydrogen (secondary N) is 3. The number of rotatable bonds is 14. The molecule has 0 saturated carbocycles. The lowest BCUT2D eigenvalue weighted by Crippen LogP contribution is -2.25. The van der Waals surface area contributed by atoms with E-state index in [1.165, 1.54) is 18.2 Å². The van der Waals surface area contributed by atoms with E-state index in [4.69, 9.17) is 16.7 Å². The van der Waals surface area contributed by atoms with Crippen molar-refractivity contribution in [2.75, 3.05) is 11.9 Å². The Balaban J connectivity index is 1.56. The Morgan fingerprint density at radius 1 is 0.830 bits per heavy atom. The highest BCUT2D eigenvalue weighted by molar-refractivity contribution is 6.31. The van der Waals surface area contributed by atoms with Crippen molar-refractivity contribution in [1.82, 2.24) is 10.6 Å². The van der Waals surface area contributed by atoms with Crippen molar-refractivity contribution in [3.63, 3.8) is 0 Å². The maximum atomic E-state index is 14.2. The monoisotopic (exact) mass is 679 g/mol. The minimum absolute atomic E-state index is 0.0474. The second kappa shape index (κ2) is 15.4. The summed E-state index contributed by atoms with van der Waals surface area (Å²) in [6.45, 7) is 0.286. The van der Waals surface area contributed by atoms with Crippen molar-refractivity contribution in [2.24, 2.45) is 0 Å². The molecule has 4 rings (SSSR count). The molecule has 3 aromatic rings. The summed E-state index contributed by atoms with van der Waals surface area (Å²) < 4.78 is 68.3. The molecule has 8 nitrogen and oxygen atoms in total. The third kappa shape index (κ3) is 9.28. The predicted octanol–water partition coefficient (Wildman–Crippen LogP) is 7.66. The highest BCUT2D eigenvalue weighted by Crippen LogP contribution is 2.40. The molecule has 3 aromatic carbocycles. The molecule has 0 aliphatic carbocycles. The lowest BCUT2D eigenvalue weighted by Gasteiger charge is -2.19. The lowest BCUT2D eigenvalue weighted by atomic mass is 9.94. The maximum Gasteiger partial charge on any atom is 0.416 e. The third-order valence-corrected chi connectivity index (χ3v) is 7.95. The summed E-state index contributed by atoms with van der Waals surface area (Å²) in [7, 11) is 0. The molecule has 0 spiro atoms. The fourth-order valence-electron chi connectivity index (χ4n) is 5.30. The van der Waals surface area contributed by atoms with Crippen LogP contribution in [0.4, 0.5) is 27.6 Å². The molecule has 0 unspecified atom stereocenters. The first-order valence-electron chi connectivity index (χ1n) is 14.9. The number of anilines is 1. The van der Waals surface area contributed by atoms with Gasteiger partial charge in [0.2, 0.25) is 0 Å². The Kier molecular flexibility index (Phi) is 11.6. The Bertz CT molecular complexity index is 1680. The van der Waals surface area contributed by atoms with Crippen LogP contribution in [-0.2, 0) is 11.0 Å². The van der Waals surface area contributed by atoms with Crippen molar-refractivity contribution in [3.05, 3.63) is 98.6 Å². The molecule has 1 atom stereocenters. The van der Waals surface area contributed by atoms with Gasteiger partial charge in [-0.15, -0.1) is 0 Å². The quantitative estimate of drug-likeness (QED) is 0.103. The summed E-state index contributed by atoms with van der Waals surface area (Å²) in [5, 5.41) is 16.5. The van der Waals surface area contributed by atoms with Crippen molar-refractivity contribution in [3.8, 4) is 0 Å². The van der Waals surface area contributed by atoms with Crippen molar-refractivity contribution >= 4 is 41.0 Å². The lowest BCUT2D eigenvalue weighted by molar-refractivity contribution is -0.138. The van der Waals surface area contributed by atoms with Gasteiger partial charge >= 0.3 is 12.1 Å². The van der Waals surface area contributed by atoms with Crippen molar-refractivity contribution < 1.29 is 46.2 Å². The van der Waals surface area contributed by atoms with Crippen LogP contribution in [0.2, 0.25) is 5.02 Å². The molecule has 250 valence electrons. The molecule has 0 saturated heterocycles. The molecule has 4 N–H and O–H groups in total. The normalized spacial score (nSPS) is 14.0. The zero-order valence-electron chi connectivity index (χ0n) is 24.9. The van der Waals surface area contributed by atoms with Gasteiger partial charge in [0.1, 0.15) is 11.6 Å². The molecule has 0 bridgehead atoms. The van der Waals surface area contributed by atoms with Gasteiger partial charge in [-0.05, 0) is 61.4 Å². The standard InChI is InChI=1S/C33H31ClF5N3O5/c34-25-10-9-21(35)17-23(25)29-28-24(32(47)42-29)14-19(30(45)40-11-7-5-3-1-2-4-6-8-27(43)44)15-26(28)41-31(46)18-12-20(33(37,38)39)16-22(36)13-18/h9-10,12-17,29H,1-8,11H2,(H,40,45)(H,41,46)(H,42,47)(H,43,44)/t29-/m0/s1. The zero-order chi connectivity index (χ0) is 34.3. The Morgan fingerprint density at radius 2 is 1.49 bits per heavy atom. The zero-order valence-corrected chi connectivity index (χ0v) is 25.7. The number of hydrogen-bond acceptors (Lipinski definition) is 4. The fraction of sp³-hybridized carbons (Fsp3) is 0.333. The third-order valence-electron chi connectivity index (χ3n) is 7.61. The predicted molar refractivity (Wildman–Crippen MR) is 163 cm³/mol. The van der Waals surface area contributed by atoms with Crippen LogP contribution in [0.3, 0.4) is 0 Å². The molecule has 14 heteroatoms. The summed E-state index contributed by atoms with van der Waals surface area (Å²) in [5.41, 5.74) is -2.10. The molecule has 47 heavy (non-hydrogen) atoms.